The summed E-state index contributed by atoms with van der Waals surface area (Å²) in [7, 11) is 1.43. The molecule has 22 heavy (non-hydrogen) atoms. The van der Waals surface area contributed by atoms with Gasteiger partial charge in [-0.05, 0) is 24.6 Å². The van der Waals surface area contributed by atoms with Crippen molar-refractivity contribution < 1.29 is 24.4 Å². The molecule has 0 aliphatic carbocycles. The van der Waals surface area contributed by atoms with Crippen molar-refractivity contribution in [2.75, 3.05) is 13.7 Å². The van der Waals surface area contributed by atoms with E-state index in [0.717, 1.165) is 0 Å². The molecule has 1 aliphatic heterocycles. The van der Waals surface area contributed by atoms with Crippen LogP contribution >= 0.6 is 0 Å². The molecule has 0 saturated carbocycles. The van der Waals surface area contributed by atoms with E-state index in [-0.39, 0.29) is 17.9 Å². The van der Waals surface area contributed by atoms with Gasteiger partial charge in [0.25, 0.3) is 11.6 Å². The fraction of sp³-hybridized carbons (Fsp3) is 0.286. The Kier molecular flexibility index (Phi) is 4.11. The molecule has 0 unspecified atom stereocenters. The Bertz CT molecular complexity index is 664. The van der Waals surface area contributed by atoms with Crippen molar-refractivity contribution in [2.24, 2.45) is 0 Å². The normalized spacial score (nSPS) is 17.8. The second-order valence-electron chi connectivity index (χ2n) is 4.65. The number of non-ortho nitro benzene ring substituents is 1. The van der Waals surface area contributed by atoms with Crippen LogP contribution in [0.1, 0.15) is 18.5 Å². The SMILES string of the molecule is CCOC(=O)C1=C(O)C(=O)N(C)[C@H]1c1ccc([N+](=O)[O-])cc1. The Morgan fingerprint density at radius 2 is 2.00 bits per heavy atom. The molecule has 1 N–H and O–H groups in total. The van der Waals surface area contributed by atoms with Crippen LogP contribution in [-0.2, 0) is 14.3 Å². The number of amides is 1. The number of likely N-dealkylation sites (N-methyl/N-ethyl adjacent to an activating group) is 1. The third-order valence-corrected chi connectivity index (χ3v) is 3.35. The first-order chi connectivity index (χ1) is 10.4. The molecule has 2 rings (SSSR count). The van der Waals surface area contributed by atoms with E-state index in [4.69, 9.17) is 4.74 Å². The summed E-state index contributed by atoms with van der Waals surface area (Å²) in [4.78, 5) is 35.2. The Morgan fingerprint density at radius 3 is 2.50 bits per heavy atom. The maximum absolute atomic E-state index is 12.0. The minimum Gasteiger partial charge on any atom is -0.503 e. The van der Waals surface area contributed by atoms with Gasteiger partial charge in [0.1, 0.15) is 5.57 Å². The number of rotatable bonds is 4. The number of hydrogen-bond acceptors (Lipinski definition) is 6. The van der Waals surface area contributed by atoms with E-state index in [0.29, 0.717) is 5.56 Å². The first kappa shape index (κ1) is 15.5. The molecule has 1 atom stereocenters. The van der Waals surface area contributed by atoms with Gasteiger partial charge in [0, 0.05) is 19.2 Å². The van der Waals surface area contributed by atoms with Gasteiger partial charge in [0.2, 0.25) is 0 Å². The highest BCUT2D eigenvalue weighted by molar-refractivity contribution is 6.06. The van der Waals surface area contributed by atoms with E-state index in [9.17, 15) is 24.8 Å². The topological polar surface area (TPSA) is 110 Å². The van der Waals surface area contributed by atoms with E-state index in [2.05, 4.69) is 0 Å². The lowest BCUT2D eigenvalue weighted by atomic mass is 9.99. The molecule has 8 heteroatoms. The first-order valence-corrected chi connectivity index (χ1v) is 6.50. The highest BCUT2D eigenvalue weighted by Gasteiger charge is 2.42. The number of aliphatic hydroxyl groups excluding tert-OH is 1. The Morgan fingerprint density at radius 1 is 1.41 bits per heavy atom. The largest absolute Gasteiger partial charge is 0.503 e. The molecule has 0 saturated heterocycles. The summed E-state index contributed by atoms with van der Waals surface area (Å²) in [6.07, 6.45) is 0. The molecule has 1 aliphatic rings. The van der Waals surface area contributed by atoms with E-state index in [1.165, 1.54) is 36.2 Å². The molecular weight excluding hydrogens is 292 g/mol. The van der Waals surface area contributed by atoms with E-state index >= 15 is 0 Å². The highest BCUT2D eigenvalue weighted by atomic mass is 16.6. The van der Waals surface area contributed by atoms with Gasteiger partial charge in [0.15, 0.2) is 5.76 Å². The molecule has 0 fully saturated rings. The van der Waals surface area contributed by atoms with Crippen molar-refractivity contribution in [2.45, 2.75) is 13.0 Å². The molecule has 8 nitrogen and oxygen atoms in total. The minimum atomic E-state index is -0.840. The maximum atomic E-state index is 12.0. The van der Waals surface area contributed by atoms with Crippen molar-refractivity contribution in [3.63, 3.8) is 0 Å². The van der Waals surface area contributed by atoms with Crippen LogP contribution in [0.15, 0.2) is 35.6 Å². The zero-order valence-corrected chi connectivity index (χ0v) is 12.0. The first-order valence-electron chi connectivity index (χ1n) is 6.50. The van der Waals surface area contributed by atoms with Crippen molar-refractivity contribution in [3.05, 3.63) is 51.3 Å². The molecule has 0 bridgehead atoms. The van der Waals surface area contributed by atoms with Gasteiger partial charge in [-0.3, -0.25) is 14.9 Å². The molecule has 1 aromatic carbocycles. The number of nitrogens with zero attached hydrogens (tertiary/aromatic N) is 2. The quantitative estimate of drug-likeness (QED) is 0.512. The summed E-state index contributed by atoms with van der Waals surface area (Å²) in [6.45, 7) is 1.71. The second kappa shape index (κ2) is 5.84. The number of esters is 1. The number of ether oxygens (including phenoxy) is 1. The Hall–Kier alpha value is -2.90. The zero-order valence-electron chi connectivity index (χ0n) is 12.0. The highest BCUT2D eigenvalue weighted by Crippen LogP contribution is 2.37. The third kappa shape index (κ3) is 2.50. The summed E-state index contributed by atoms with van der Waals surface area (Å²) in [6, 6.07) is 4.57. The zero-order chi connectivity index (χ0) is 16.4. The Balaban J connectivity index is 2.44. The van der Waals surface area contributed by atoms with Gasteiger partial charge in [0.05, 0.1) is 17.6 Å². The monoisotopic (exact) mass is 306 g/mol. The van der Waals surface area contributed by atoms with Crippen LogP contribution in [0.5, 0.6) is 0 Å². The van der Waals surface area contributed by atoms with Crippen LogP contribution in [0, 0.1) is 10.1 Å². The number of nitro groups is 1. The van der Waals surface area contributed by atoms with Crippen LogP contribution in [-0.4, -0.2) is 40.5 Å². The number of nitro benzene ring substituents is 1. The van der Waals surface area contributed by atoms with Crippen molar-refractivity contribution in [3.8, 4) is 0 Å². The molecule has 1 heterocycles. The van der Waals surface area contributed by atoms with Gasteiger partial charge in [-0.1, -0.05) is 0 Å². The summed E-state index contributed by atoms with van der Waals surface area (Å²) in [5.41, 5.74) is 0.193. The number of carbonyl (C=O) groups excluding carboxylic acids is 2. The lowest BCUT2D eigenvalue weighted by molar-refractivity contribution is -0.384. The number of carbonyl (C=O) groups is 2. The average molecular weight is 306 g/mol. The number of benzene rings is 1. The average Bonchev–Trinajstić information content (AvgIpc) is 2.72. The molecule has 0 spiro atoms. The second-order valence-corrected chi connectivity index (χ2v) is 4.65. The van der Waals surface area contributed by atoms with Gasteiger partial charge < -0.3 is 14.7 Å². The number of aliphatic hydroxyl groups is 1. The summed E-state index contributed by atoms with van der Waals surface area (Å²) >= 11 is 0. The van der Waals surface area contributed by atoms with Crippen LogP contribution in [0.3, 0.4) is 0 Å². The molecular formula is C14H14N2O6. The van der Waals surface area contributed by atoms with Crippen molar-refractivity contribution >= 4 is 17.6 Å². The van der Waals surface area contributed by atoms with E-state index < -0.39 is 28.6 Å². The van der Waals surface area contributed by atoms with Crippen molar-refractivity contribution in [1.82, 2.24) is 4.90 Å². The predicted octanol–water partition coefficient (Wildman–Crippen LogP) is 1.48. The smallest absolute Gasteiger partial charge is 0.340 e. The lowest BCUT2D eigenvalue weighted by Gasteiger charge is -2.22. The molecule has 0 radical (unpaired) electrons. The van der Waals surface area contributed by atoms with E-state index in [1.807, 2.05) is 0 Å². The standard InChI is InChI=1S/C14H14N2O6/c1-3-22-14(19)10-11(15(2)13(18)12(10)17)8-4-6-9(7-5-8)16(20)21/h4-7,11,17H,3H2,1-2H3/t11-/m0/s1. The van der Waals surface area contributed by atoms with Crippen LogP contribution in [0.2, 0.25) is 0 Å². The van der Waals surface area contributed by atoms with Crippen LogP contribution in [0.25, 0.3) is 0 Å². The molecule has 1 aromatic rings. The predicted molar refractivity (Wildman–Crippen MR) is 74.9 cm³/mol. The maximum Gasteiger partial charge on any atom is 0.340 e. The summed E-state index contributed by atoms with van der Waals surface area (Å²) in [5.74, 6) is -2.16. The van der Waals surface area contributed by atoms with Gasteiger partial charge in [-0.25, -0.2) is 4.79 Å². The molecule has 1 amide bonds. The minimum absolute atomic E-state index is 0.0977. The van der Waals surface area contributed by atoms with Crippen LogP contribution in [0.4, 0.5) is 5.69 Å². The fourth-order valence-electron chi connectivity index (χ4n) is 2.31. The van der Waals surface area contributed by atoms with E-state index in [1.54, 1.807) is 6.92 Å². The molecule has 0 aromatic heterocycles. The summed E-state index contributed by atoms with van der Waals surface area (Å²) in [5, 5.41) is 20.6. The molecule has 116 valence electrons. The van der Waals surface area contributed by atoms with Gasteiger partial charge in [-0.2, -0.15) is 0 Å². The number of hydrogen-bond donors (Lipinski definition) is 1. The lowest BCUT2D eigenvalue weighted by Crippen LogP contribution is -2.27. The third-order valence-electron chi connectivity index (χ3n) is 3.35. The fourth-order valence-corrected chi connectivity index (χ4v) is 2.31. The van der Waals surface area contributed by atoms with Gasteiger partial charge in [-0.15, -0.1) is 0 Å². The summed E-state index contributed by atoms with van der Waals surface area (Å²) < 4.78 is 4.86. The van der Waals surface area contributed by atoms with Crippen LogP contribution < -0.4 is 0 Å². The Labute approximate surface area is 125 Å². The van der Waals surface area contributed by atoms with Gasteiger partial charge >= 0.3 is 5.97 Å². The van der Waals surface area contributed by atoms with Crippen molar-refractivity contribution in [1.29, 1.82) is 0 Å².